The monoisotopic (exact) mass is 222 g/mol. The van der Waals surface area contributed by atoms with Crippen LogP contribution in [0.15, 0.2) is 18.2 Å². The summed E-state index contributed by atoms with van der Waals surface area (Å²) in [6.45, 7) is 2.36. The van der Waals surface area contributed by atoms with Crippen molar-refractivity contribution in [3.8, 4) is 5.75 Å². The number of nitrogens with zero attached hydrogens (tertiary/aromatic N) is 1. The molecule has 0 radical (unpaired) electrons. The Kier molecular flexibility index (Phi) is 2.94. The molecule has 1 saturated carbocycles. The number of hydrogen-bond donors (Lipinski definition) is 1. The van der Waals surface area contributed by atoms with E-state index in [0.717, 1.165) is 12.8 Å². The highest BCUT2D eigenvalue weighted by atomic mass is 16.6. The summed E-state index contributed by atoms with van der Waals surface area (Å²) in [6, 6.07) is 5.33. The van der Waals surface area contributed by atoms with Crippen LogP contribution in [0.25, 0.3) is 0 Å². The number of hydrogen-bond acceptors (Lipinski definition) is 4. The average Bonchev–Trinajstić information content (AvgIpc) is 3.04. The summed E-state index contributed by atoms with van der Waals surface area (Å²) in [5.74, 6) is 0.538. The lowest BCUT2D eigenvalue weighted by Crippen LogP contribution is -2.04. The van der Waals surface area contributed by atoms with Gasteiger partial charge in [-0.05, 0) is 31.9 Å². The van der Waals surface area contributed by atoms with Crippen molar-refractivity contribution in [3.63, 3.8) is 0 Å². The van der Waals surface area contributed by atoms with Gasteiger partial charge in [0.2, 0.25) is 0 Å². The molecule has 0 aliphatic heterocycles. The molecule has 1 N–H and O–H groups in total. The van der Waals surface area contributed by atoms with Crippen LogP contribution in [-0.2, 0) is 0 Å². The molecule has 1 fully saturated rings. The molecule has 1 aromatic carbocycles. The smallest absolute Gasteiger partial charge is 0.296 e. The highest BCUT2D eigenvalue weighted by Gasteiger charge is 2.24. The zero-order valence-electron chi connectivity index (χ0n) is 9.10. The SMILES string of the molecule is CCOc1ccc(NC2CC2)c([N+](=O)[O-])c1. The molecular formula is C11H14N2O3. The van der Waals surface area contributed by atoms with Gasteiger partial charge in [0.05, 0.1) is 17.6 Å². The van der Waals surface area contributed by atoms with Crippen LogP contribution < -0.4 is 10.1 Å². The summed E-state index contributed by atoms with van der Waals surface area (Å²) in [5.41, 5.74) is 0.661. The van der Waals surface area contributed by atoms with E-state index in [1.165, 1.54) is 6.07 Å². The van der Waals surface area contributed by atoms with Crippen molar-refractivity contribution in [2.75, 3.05) is 11.9 Å². The Morgan fingerprint density at radius 2 is 2.31 bits per heavy atom. The molecule has 0 spiro atoms. The van der Waals surface area contributed by atoms with Crippen LogP contribution >= 0.6 is 0 Å². The van der Waals surface area contributed by atoms with Crippen molar-refractivity contribution < 1.29 is 9.66 Å². The average molecular weight is 222 g/mol. The van der Waals surface area contributed by atoms with Gasteiger partial charge >= 0.3 is 0 Å². The molecule has 1 aliphatic rings. The first-order chi connectivity index (χ1) is 7.70. The van der Waals surface area contributed by atoms with Gasteiger partial charge < -0.3 is 10.1 Å². The van der Waals surface area contributed by atoms with Crippen molar-refractivity contribution in [3.05, 3.63) is 28.3 Å². The Balaban J connectivity index is 2.24. The molecule has 0 saturated heterocycles. The number of nitrogens with one attached hydrogen (secondary N) is 1. The Morgan fingerprint density at radius 1 is 1.56 bits per heavy atom. The second-order valence-electron chi connectivity index (χ2n) is 3.79. The van der Waals surface area contributed by atoms with Gasteiger partial charge in [-0.15, -0.1) is 0 Å². The summed E-state index contributed by atoms with van der Waals surface area (Å²) in [6.07, 6.45) is 2.18. The van der Waals surface area contributed by atoms with E-state index in [2.05, 4.69) is 5.32 Å². The summed E-state index contributed by atoms with van der Waals surface area (Å²) in [7, 11) is 0. The molecule has 0 amide bonds. The van der Waals surface area contributed by atoms with Crippen LogP contribution in [0.1, 0.15) is 19.8 Å². The fourth-order valence-corrected chi connectivity index (χ4v) is 1.49. The first-order valence-electron chi connectivity index (χ1n) is 5.38. The molecular weight excluding hydrogens is 208 g/mol. The molecule has 0 aromatic heterocycles. The number of anilines is 1. The standard InChI is InChI=1S/C11H14N2O3/c1-2-16-9-5-6-10(12-8-3-4-8)11(7-9)13(14)15/h5-8,12H,2-4H2,1H3. The van der Waals surface area contributed by atoms with Gasteiger partial charge in [0.15, 0.2) is 0 Å². The first kappa shape index (κ1) is 10.7. The minimum Gasteiger partial charge on any atom is -0.494 e. The minimum absolute atomic E-state index is 0.0813. The second-order valence-corrected chi connectivity index (χ2v) is 3.79. The van der Waals surface area contributed by atoms with Gasteiger partial charge in [0.25, 0.3) is 5.69 Å². The maximum atomic E-state index is 10.9. The third kappa shape index (κ3) is 2.42. The topological polar surface area (TPSA) is 64.4 Å². The number of ether oxygens (including phenoxy) is 1. The van der Waals surface area contributed by atoms with Crippen LogP contribution in [0.3, 0.4) is 0 Å². The Labute approximate surface area is 93.6 Å². The van der Waals surface area contributed by atoms with E-state index in [1.807, 2.05) is 6.92 Å². The fraction of sp³-hybridized carbons (Fsp3) is 0.455. The Hall–Kier alpha value is -1.78. The summed E-state index contributed by atoms with van der Waals surface area (Å²) >= 11 is 0. The van der Waals surface area contributed by atoms with Crippen molar-refractivity contribution in [1.29, 1.82) is 0 Å². The predicted molar refractivity (Wildman–Crippen MR) is 60.9 cm³/mol. The van der Waals surface area contributed by atoms with Crippen LogP contribution in [0.5, 0.6) is 5.75 Å². The normalized spacial score (nSPS) is 14.6. The van der Waals surface area contributed by atoms with E-state index in [4.69, 9.17) is 4.74 Å². The maximum absolute atomic E-state index is 10.9. The lowest BCUT2D eigenvalue weighted by molar-refractivity contribution is -0.384. The van der Waals surface area contributed by atoms with Gasteiger partial charge in [0.1, 0.15) is 11.4 Å². The van der Waals surface area contributed by atoms with E-state index in [-0.39, 0.29) is 10.6 Å². The van der Waals surface area contributed by atoms with Crippen molar-refractivity contribution in [2.45, 2.75) is 25.8 Å². The van der Waals surface area contributed by atoms with E-state index >= 15 is 0 Å². The third-order valence-electron chi connectivity index (χ3n) is 2.41. The van der Waals surface area contributed by atoms with Gasteiger partial charge in [-0.1, -0.05) is 0 Å². The first-order valence-corrected chi connectivity index (χ1v) is 5.38. The van der Waals surface area contributed by atoms with Gasteiger partial charge in [-0.25, -0.2) is 0 Å². The predicted octanol–water partition coefficient (Wildman–Crippen LogP) is 2.57. The number of benzene rings is 1. The van der Waals surface area contributed by atoms with Gasteiger partial charge in [0, 0.05) is 6.04 Å². The number of nitro groups is 1. The summed E-state index contributed by atoms with van der Waals surface area (Å²) in [5, 5.41) is 14.0. The van der Waals surface area contributed by atoms with E-state index in [9.17, 15) is 10.1 Å². The number of rotatable bonds is 5. The van der Waals surface area contributed by atoms with Crippen LogP contribution in [0.4, 0.5) is 11.4 Å². The largest absolute Gasteiger partial charge is 0.494 e. The van der Waals surface area contributed by atoms with Crippen LogP contribution in [-0.4, -0.2) is 17.6 Å². The quantitative estimate of drug-likeness (QED) is 0.614. The second kappa shape index (κ2) is 4.38. The van der Waals surface area contributed by atoms with Crippen LogP contribution in [0.2, 0.25) is 0 Å². The molecule has 1 aliphatic carbocycles. The molecule has 0 heterocycles. The Bertz CT molecular complexity index is 402. The highest BCUT2D eigenvalue weighted by Crippen LogP contribution is 2.33. The molecule has 86 valence electrons. The van der Waals surface area contributed by atoms with Gasteiger partial charge in [-0.3, -0.25) is 10.1 Å². The minimum atomic E-state index is -0.382. The van der Waals surface area contributed by atoms with E-state index in [1.54, 1.807) is 12.1 Å². The highest BCUT2D eigenvalue weighted by molar-refractivity contribution is 5.64. The zero-order valence-corrected chi connectivity index (χ0v) is 9.10. The maximum Gasteiger partial charge on any atom is 0.296 e. The lowest BCUT2D eigenvalue weighted by atomic mass is 10.2. The molecule has 16 heavy (non-hydrogen) atoms. The third-order valence-corrected chi connectivity index (χ3v) is 2.41. The fourth-order valence-electron chi connectivity index (χ4n) is 1.49. The van der Waals surface area contributed by atoms with Gasteiger partial charge in [-0.2, -0.15) is 0 Å². The molecule has 2 rings (SSSR count). The van der Waals surface area contributed by atoms with Crippen molar-refractivity contribution in [1.82, 2.24) is 0 Å². The van der Waals surface area contributed by atoms with Crippen LogP contribution in [0, 0.1) is 10.1 Å². The molecule has 0 atom stereocenters. The van der Waals surface area contributed by atoms with Crippen molar-refractivity contribution >= 4 is 11.4 Å². The molecule has 1 aromatic rings. The number of nitro benzene ring substituents is 1. The molecule has 5 nitrogen and oxygen atoms in total. The lowest BCUT2D eigenvalue weighted by Gasteiger charge is -2.07. The molecule has 5 heteroatoms. The molecule has 0 unspecified atom stereocenters. The summed E-state index contributed by atoms with van der Waals surface area (Å²) < 4.78 is 5.24. The molecule has 0 bridgehead atoms. The van der Waals surface area contributed by atoms with E-state index < -0.39 is 0 Å². The Morgan fingerprint density at radius 3 is 2.88 bits per heavy atom. The van der Waals surface area contributed by atoms with Crippen molar-refractivity contribution in [2.24, 2.45) is 0 Å². The zero-order chi connectivity index (χ0) is 11.5. The van der Waals surface area contributed by atoms with E-state index in [0.29, 0.717) is 24.1 Å². The summed E-state index contributed by atoms with van der Waals surface area (Å²) in [4.78, 5) is 10.5.